The van der Waals surface area contributed by atoms with Crippen LogP contribution in [0, 0.1) is 0 Å². The Morgan fingerprint density at radius 3 is 2.12 bits per heavy atom. The van der Waals surface area contributed by atoms with Crippen LogP contribution in [0.5, 0.6) is 0 Å². The minimum atomic E-state index is -3.64. The van der Waals surface area contributed by atoms with Gasteiger partial charge in [-0.05, 0) is 27.7 Å². The summed E-state index contributed by atoms with van der Waals surface area (Å²) in [6, 6.07) is -0.153. The maximum atomic E-state index is 12.1. The molecule has 7 heteroatoms. The molecular formula is C9H18N2O4S. The predicted octanol–water partition coefficient (Wildman–Crippen LogP) is 0.120. The zero-order valence-corrected chi connectivity index (χ0v) is 10.8. The van der Waals surface area contributed by atoms with Crippen LogP contribution in [0.2, 0.25) is 0 Å². The zero-order valence-electron chi connectivity index (χ0n) is 9.97. The second kappa shape index (κ2) is 3.97. The molecule has 0 atom stereocenters. The number of carbonyl (C=O) groups is 1. The van der Waals surface area contributed by atoms with Crippen LogP contribution in [0.25, 0.3) is 0 Å². The lowest BCUT2D eigenvalue weighted by atomic mass is 10.1. The monoisotopic (exact) mass is 250 g/mol. The molecule has 1 N–H and O–H groups in total. The van der Waals surface area contributed by atoms with Crippen molar-refractivity contribution in [2.45, 2.75) is 39.3 Å². The van der Waals surface area contributed by atoms with E-state index in [4.69, 9.17) is 5.11 Å². The minimum absolute atomic E-state index is 0.153. The maximum Gasteiger partial charge on any atom is 0.324 e. The van der Waals surface area contributed by atoms with Crippen LogP contribution in [0.4, 0.5) is 0 Å². The summed E-state index contributed by atoms with van der Waals surface area (Å²) in [5, 5.41) is 9.03. The van der Waals surface area contributed by atoms with Crippen LogP contribution >= 0.6 is 0 Å². The molecule has 0 aromatic carbocycles. The van der Waals surface area contributed by atoms with E-state index in [1.54, 1.807) is 13.8 Å². The van der Waals surface area contributed by atoms with Crippen molar-refractivity contribution in [2.75, 3.05) is 13.1 Å². The molecule has 0 aromatic rings. The van der Waals surface area contributed by atoms with Crippen molar-refractivity contribution < 1.29 is 18.3 Å². The van der Waals surface area contributed by atoms with Crippen LogP contribution in [0.3, 0.4) is 0 Å². The average molecular weight is 250 g/mol. The summed E-state index contributed by atoms with van der Waals surface area (Å²) in [4.78, 5) is 11.0. The molecule has 0 aliphatic carbocycles. The van der Waals surface area contributed by atoms with Crippen molar-refractivity contribution in [3.05, 3.63) is 0 Å². The highest BCUT2D eigenvalue weighted by atomic mass is 32.2. The van der Waals surface area contributed by atoms with Gasteiger partial charge in [0.1, 0.15) is 5.54 Å². The summed E-state index contributed by atoms with van der Waals surface area (Å²) < 4.78 is 26.5. The molecule has 0 aromatic heterocycles. The summed E-state index contributed by atoms with van der Waals surface area (Å²) in [7, 11) is -3.64. The molecule has 0 unspecified atom stereocenters. The first-order chi connectivity index (χ1) is 7.11. The van der Waals surface area contributed by atoms with Crippen LogP contribution < -0.4 is 0 Å². The first-order valence-corrected chi connectivity index (χ1v) is 6.54. The SMILES string of the molecule is CC(C)N1CCN(C(C)(C)C(=O)O)S1(=O)=O. The number of carboxylic acid groups (broad SMARTS) is 1. The zero-order chi connectivity index (χ0) is 12.7. The van der Waals surface area contributed by atoms with Gasteiger partial charge in [-0.2, -0.15) is 17.0 Å². The van der Waals surface area contributed by atoms with Crippen LogP contribution in [-0.2, 0) is 15.0 Å². The van der Waals surface area contributed by atoms with Gasteiger partial charge in [0.25, 0.3) is 10.2 Å². The molecule has 1 rings (SSSR count). The molecule has 1 heterocycles. The highest BCUT2D eigenvalue weighted by Crippen LogP contribution is 2.27. The quantitative estimate of drug-likeness (QED) is 0.771. The summed E-state index contributed by atoms with van der Waals surface area (Å²) in [5.74, 6) is -1.14. The molecule has 1 saturated heterocycles. The topological polar surface area (TPSA) is 77.9 Å². The Kier molecular flexibility index (Phi) is 3.33. The number of rotatable bonds is 3. The van der Waals surface area contributed by atoms with Crippen LogP contribution in [0.15, 0.2) is 0 Å². The van der Waals surface area contributed by atoms with E-state index in [-0.39, 0.29) is 12.6 Å². The fourth-order valence-corrected chi connectivity index (χ4v) is 3.81. The fourth-order valence-electron chi connectivity index (χ4n) is 1.75. The molecule has 6 nitrogen and oxygen atoms in total. The molecule has 0 amide bonds. The normalized spacial score (nSPS) is 22.8. The van der Waals surface area contributed by atoms with Crippen LogP contribution in [0.1, 0.15) is 27.7 Å². The number of hydrogen-bond acceptors (Lipinski definition) is 3. The molecule has 1 fully saturated rings. The van der Waals surface area contributed by atoms with E-state index in [0.717, 1.165) is 4.31 Å². The average Bonchev–Trinajstić information content (AvgIpc) is 2.40. The van der Waals surface area contributed by atoms with Gasteiger partial charge in [0.2, 0.25) is 0 Å². The minimum Gasteiger partial charge on any atom is -0.480 e. The Morgan fingerprint density at radius 2 is 1.81 bits per heavy atom. The summed E-state index contributed by atoms with van der Waals surface area (Å²) in [6.07, 6.45) is 0. The number of aliphatic carboxylic acids is 1. The lowest BCUT2D eigenvalue weighted by Gasteiger charge is -2.30. The smallest absolute Gasteiger partial charge is 0.324 e. The second-order valence-corrected chi connectivity index (χ2v) is 6.45. The van der Waals surface area contributed by atoms with Gasteiger partial charge in [-0.1, -0.05) is 0 Å². The fraction of sp³-hybridized carbons (Fsp3) is 0.889. The Bertz CT molecular complexity index is 388. The summed E-state index contributed by atoms with van der Waals surface area (Å²) in [5.41, 5.74) is -1.40. The molecule has 1 aliphatic heterocycles. The molecular weight excluding hydrogens is 232 g/mol. The summed E-state index contributed by atoms with van der Waals surface area (Å²) >= 11 is 0. The second-order valence-electron chi connectivity index (χ2n) is 4.65. The Labute approximate surface area is 96.0 Å². The Hall–Kier alpha value is -0.660. The standard InChI is InChI=1S/C9H18N2O4S/c1-7(2)10-5-6-11(16(10,14)15)9(3,4)8(12)13/h7H,5-6H2,1-4H3,(H,12,13). The van der Waals surface area contributed by atoms with Gasteiger partial charge in [-0.3, -0.25) is 4.79 Å². The van der Waals surface area contributed by atoms with Gasteiger partial charge >= 0.3 is 5.97 Å². The molecule has 0 spiro atoms. The van der Waals surface area contributed by atoms with Gasteiger partial charge in [-0.15, -0.1) is 0 Å². The third-order valence-electron chi connectivity index (χ3n) is 2.82. The molecule has 0 radical (unpaired) electrons. The van der Waals surface area contributed by atoms with Crippen LogP contribution in [-0.4, -0.2) is 52.8 Å². The van der Waals surface area contributed by atoms with Crippen molar-refractivity contribution >= 4 is 16.2 Å². The van der Waals surface area contributed by atoms with E-state index in [2.05, 4.69) is 0 Å². The van der Waals surface area contributed by atoms with E-state index in [1.165, 1.54) is 18.2 Å². The van der Waals surface area contributed by atoms with Gasteiger partial charge in [0.05, 0.1) is 0 Å². The molecule has 0 bridgehead atoms. The number of nitrogens with zero attached hydrogens (tertiary/aromatic N) is 2. The van der Waals surface area contributed by atoms with Gasteiger partial charge < -0.3 is 5.11 Å². The Morgan fingerprint density at radius 1 is 1.31 bits per heavy atom. The molecule has 16 heavy (non-hydrogen) atoms. The number of carboxylic acids is 1. The predicted molar refractivity (Wildman–Crippen MR) is 59.2 cm³/mol. The van der Waals surface area contributed by atoms with E-state index in [1.807, 2.05) is 0 Å². The largest absolute Gasteiger partial charge is 0.480 e. The van der Waals surface area contributed by atoms with Gasteiger partial charge in [0, 0.05) is 19.1 Å². The number of hydrogen-bond donors (Lipinski definition) is 1. The first-order valence-electron chi connectivity index (χ1n) is 5.15. The maximum absolute atomic E-state index is 12.1. The lowest BCUT2D eigenvalue weighted by Crippen LogP contribution is -2.52. The third kappa shape index (κ3) is 1.94. The molecule has 1 aliphatic rings. The van der Waals surface area contributed by atoms with Gasteiger partial charge in [0.15, 0.2) is 0 Å². The molecule has 94 valence electrons. The van der Waals surface area contributed by atoms with E-state index >= 15 is 0 Å². The van der Waals surface area contributed by atoms with E-state index in [0.29, 0.717) is 6.54 Å². The third-order valence-corrected chi connectivity index (χ3v) is 5.21. The van der Waals surface area contributed by atoms with Crippen molar-refractivity contribution in [3.8, 4) is 0 Å². The molecule has 0 saturated carbocycles. The highest BCUT2D eigenvalue weighted by molar-refractivity contribution is 7.87. The van der Waals surface area contributed by atoms with Crippen molar-refractivity contribution in [3.63, 3.8) is 0 Å². The Balaban J connectivity index is 3.09. The van der Waals surface area contributed by atoms with Crippen molar-refractivity contribution in [2.24, 2.45) is 0 Å². The van der Waals surface area contributed by atoms with Gasteiger partial charge in [-0.25, -0.2) is 0 Å². The first kappa shape index (κ1) is 13.4. The van der Waals surface area contributed by atoms with E-state index < -0.39 is 21.7 Å². The van der Waals surface area contributed by atoms with Crippen molar-refractivity contribution in [1.82, 2.24) is 8.61 Å². The highest BCUT2D eigenvalue weighted by Gasteiger charge is 2.49. The lowest BCUT2D eigenvalue weighted by molar-refractivity contribution is -0.146. The van der Waals surface area contributed by atoms with Crippen molar-refractivity contribution in [1.29, 1.82) is 0 Å². The summed E-state index contributed by atoms with van der Waals surface area (Å²) in [6.45, 7) is 6.91. The van der Waals surface area contributed by atoms with E-state index in [9.17, 15) is 13.2 Å².